The third kappa shape index (κ3) is 3.36. The van der Waals surface area contributed by atoms with Gasteiger partial charge in [0.15, 0.2) is 0 Å². The Labute approximate surface area is 173 Å². The van der Waals surface area contributed by atoms with Crippen molar-refractivity contribution in [2.24, 2.45) is 40.9 Å². The summed E-state index contributed by atoms with van der Waals surface area (Å²) in [5, 5.41) is 0. The minimum Gasteiger partial charge on any atom is -0.462 e. The molecule has 3 saturated carbocycles. The number of hydrogen-bond donors (Lipinski definition) is 0. The predicted molar refractivity (Wildman–Crippen MR) is 104 cm³/mol. The first kappa shape index (κ1) is 20.7. The van der Waals surface area contributed by atoms with E-state index >= 15 is 0 Å². The van der Waals surface area contributed by atoms with Crippen molar-refractivity contribution in [2.75, 3.05) is 6.61 Å². The lowest BCUT2D eigenvalue weighted by Gasteiger charge is -2.33. The van der Waals surface area contributed by atoms with E-state index in [0.717, 1.165) is 25.7 Å². The molecule has 0 radical (unpaired) electrons. The average molecular weight is 407 g/mol. The van der Waals surface area contributed by atoms with Crippen LogP contribution >= 0.6 is 0 Å². The van der Waals surface area contributed by atoms with E-state index in [0.29, 0.717) is 18.3 Å². The summed E-state index contributed by atoms with van der Waals surface area (Å²) >= 11 is 0. The molecule has 2 bridgehead atoms. The van der Waals surface area contributed by atoms with Gasteiger partial charge in [-0.25, -0.2) is 0 Å². The van der Waals surface area contributed by atoms with Crippen LogP contribution in [0.4, 0.5) is 0 Å². The number of carbonyl (C=O) groups excluding carboxylic acids is 3. The Kier molecular flexibility index (Phi) is 4.98. The van der Waals surface area contributed by atoms with Crippen LogP contribution in [-0.2, 0) is 28.6 Å². The largest absolute Gasteiger partial charge is 0.462 e. The molecular weight excluding hydrogens is 372 g/mol. The molecule has 1 heterocycles. The highest BCUT2D eigenvalue weighted by atomic mass is 16.6. The molecule has 0 aromatic carbocycles. The zero-order valence-corrected chi connectivity index (χ0v) is 18.2. The van der Waals surface area contributed by atoms with Gasteiger partial charge in [-0.3, -0.25) is 14.4 Å². The molecule has 4 aliphatic rings. The fourth-order valence-corrected chi connectivity index (χ4v) is 6.24. The van der Waals surface area contributed by atoms with Gasteiger partial charge in [-0.1, -0.05) is 13.8 Å². The van der Waals surface area contributed by atoms with Crippen molar-refractivity contribution in [1.82, 2.24) is 0 Å². The normalized spacial score (nSPS) is 40.4. The van der Waals surface area contributed by atoms with Gasteiger partial charge >= 0.3 is 17.9 Å². The van der Waals surface area contributed by atoms with Crippen LogP contribution in [0.2, 0.25) is 0 Å². The molecule has 6 nitrogen and oxygen atoms in total. The van der Waals surface area contributed by atoms with Crippen LogP contribution in [0.3, 0.4) is 0 Å². The first-order valence-corrected chi connectivity index (χ1v) is 11.1. The van der Waals surface area contributed by atoms with Gasteiger partial charge < -0.3 is 14.2 Å². The van der Waals surface area contributed by atoms with Crippen LogP contribution in [-0.4, -0.2) is 36.2 Å². The zero-order chi connectivity index (χ0) is 21.1. The highest BCUT2D eigenvalue weighted by Crippen LogP contribution is 2.63. The van der Waals surface area contributed by atoms with E-state index in [1.807, 2.05) is 0 Å². The lowest BCUT2D eigenvalue weighted by atomic mass is 9.74. The van der Waals surface area contributed by atoms with E-state index in [9.17, 15) is 14.4 Å². The van der Waals surface area contributed by atoms with Crippen LogP contribution < -0.4 is 0 Å². The van der Waals surface area contributed by atoms with Crippen molar-refractivity contribution in [3.8, 4) is 0 Å². The van der Waals surface area contributed by atoms with E-state index in [-0.39, 0.29) is 42.5 Å². The van der Waals surface area contributed by atoms with Gasteiger partial charge in [-0.15, -0.1) is 0 Å². The Hall–Kier alpha value is -1.59. The Bertz CT molecular complexity index is 707. The van der Waals surface area contributed by atoms with Crippen LogP contribution in [0.1, 0.15) is 66.7 Å². The number of esters is 3. The van der Waals surface area contributed by atoms with Crippen molar-refractivity contribution < 1.29 is 28.6 Å². The average Bonchev–Trinajstić information content (AvgIpc) is 3.33. The van der Waals surface area contributed by atoms with Crippen LogP contribution in [0, 0.1) is 40.9 Å². The predicted octanol–water partition coefficient (Wildman–Crippen LogP) is 3.51. The minimum atomic E-state index is -0.752. The Balaban J connectivity index is 1.44. The smallest absolute Gasteiger partial charge is 0.311 e. The molecule has 6 heteroatoms. The zero-order valence-electron chi connectivity index (χ0n) is 18.2. The lowest BCUT2D eigenvalue weighted by Crippen LogP contribution is -2.44. The number of fused-ring (bicyclic) bond motifs is 1. The maximum absolute atomic E-state index is 13.1. The summed E-state index contributed by atoms with van der Waals surface area (Å²) in [5.41, 5.74) is -1.35. The summed E-state index contributed by atoms with van der Waals surface area (Å²) in [4.78, 5) is 38.0. The molecule has 0 N–H and O–H groups in total. The molecule has 0 spiro atoms. The maximum Gasteiger partial charge on any atom is 0.311 e. The van der Waals surface area contributed by atoms with Gasteiger partial charge in [0, 0.05) is 5.92 Å². The molecule has 4 fully saturated rings. The van der Waals surface area contributed by atoms with Gasteiger partial charge in [-0.2, -0.15) is 0 Å². The summed E-state index contributed by atoms with van der Waals surface area (Å²) in [5.74, 6) is -0.809. The third-order valence-corrected chi connectivity index (χ3v) is 7.70. The monoisotopic (exact) mass is 406 g/mol. The lowest BCUT2D eigenvalue weighted by molar-refractivity contribution is -0.169. The second kappa shape index (κ2) is 6.98. The van der Waals surface area contributed by atoms with Crippen molar-refractivity contribution in [3.63, 3.8) is 0 Å². The third-order valence-electron chi connectivity index (χ3n) is 7.70. The van der Waals surface area contributed by atoms with E-state index in [1.165, 1.54) is 0 Å². The number of rotatable bonds is 5. The second-order valence-corrected chi connectivity index (χ2v) is 11.0. The summed E-state index contributed by atoms with van der Waals surface area (Å²) in [6.45, 7) is 9.85. The number of hydrogen-bond acceptors (Lipinski definition) is 6. The summed E-state index contributed by atoms with van der Waals surface area (Å²) in [6.07, 6.45) is 4.41. The van der Waals surface area contributed by atoms with E-state index < -0.39 is 22.9 Å². The van der Waals surface area contributed by atoms with Gasteiger partial charge in [-0.05, 0) is 70.6 Å². The fraction of sp³-hybridized carbons (Fsp3) is 0.870. The first-order valence-electron chi connectivity index (χ1n) is 11.1. The SMILES string of the molecule is CC(C)C1CCCC1OC(=O)C1C2CC3C1C(=O)OC3(COC(=O)C(C)(C)C)C2. The molecular formula is C23H34O6. The van der Waals surface area contributed by atoms with Crippen LogP contribution in [0.5, 0.6) is 0 Å². The molecule has 4 rings (SSSR count). The Morgan fingerprint density at radius 3 is 2.62 bits per heavy atom. The van der Waals surface area contributed by atoms with E-state index in [1.54, 1.807) is 20.8 Å². The fourth-order valence-electron chi connectivity index (χ4n) is 6.24. The molecule has 1 saturated heterocycles. The molecule has 3 aliphatic carbocycles. The molecule has 7 unspecified atom stereocenters. The summed E-state index contributed by atoms with van der Waals surface area (Å²) in [6, 6.07) is 0. The van der Waals surface area contributed by atoms with Gasteiger partial charge in [0.25, 0.3) is 0 Å². The van der Waals surface area contributed by atoms with Crippen molar-refractivity contribution in [1.29, 1.82) is 0 Å². The molecule has 0 aromatic rings. The number of carbonyl (C=O) groups is 3. The van der Waals surface area contributed by atoms with Crippen molar-refractivity contribution in [3.05, 3.63) is 0 Å². The van der Waals surface area contributed by atoms with Crippen molar-refractivity contribution >= 4 is 17.9 Å². The molecule has 7 atom stereocenters. The maximum atomic E-state index is 13.1. The van der Waals surface area contributed by atoms with Crippen LogP contribution in [0.25, 0.3) is 0 Å². The van der Waals surface area contributed by atoms with Gasteiger partial charge in [0.1, 0.15) is 18.3 Å². The van der Waals surface area contributed by atoms with E-state index in [2.05, 4.69) is 13.8 Å². The highest BCUT2D eigenvalue weighted by molar-refractivity contribution is 5.86. The topological polar surface area (TPSA) is 78.9 Å². The summed E-state index contributed by atoms with van der Waals surface area (Å²) in [7, 11) is 0. The molecule has 0 amide bonds. The van der Waals surface area contributed by atoms with Gasteiger partial charge in [0.2, 0.25) is 0 Å². The molecule has 0 aromatic heterocycles. The Morgan fingerprint density at radius 2 is 1.97 bits per heavy atom. The highest BCUT2D eigenvalue weighted by Gasteiger charge is 2.72. The second-order valence-electron chi connectivity index (χ2n) is 11.0. The quantitative estimate of drug-likeness (QED) is 0.513. The molecule has 1 aliphatic heterocycles. The molecule has 162 valence electrons. The minimum absolute atomic E-state index is 0.0310. The van der Waals surface area contributed by atoms with Crippen LogP contribution in [0.15, 0.2) is 0 Å². The summed E-state index contributed by atoms with van der Waals surface area (Å²) < 4.78 is 17.3. The van der Waals surface area contributed by atoms with E-state index in [4.69, 9.17) is 14.2 Å². The number of ether oxygens (including phenoxy) is 3. The Morgan fingerprint density at radius 1 is 1.24 bits per heavy atom. The van der Waals surface area contributed by atoms with Gasteiger partial charge in [0.05, 0.1) is 17.3 Å². The van der Waals surface area contributed by atoms with Crippen molar-refractivity contribution in [2.45, 2.75) is 78.4 Å². The first-order chi connectivity index (χ1) is 13.5. The molecule has 29 heavy (non-hydrogen) atoms. The standard InChI is InChI=1S/C23H34O6/c1-12(2)14-7-6-8-16(14)28-19(24)17-13-9-15-18(17)20(25)29-23(15,10-13)11-27-21(26)22(3,4)5/h12-18H,6-11H2,1-5H3.